The molecular weight excluding hydrogens is 374 g/mol. The lowest BCUT2D eigenvalue weighted by Crippen LogP contribution is -2.18. The van der Waals surface area contributed by atoms with E-state index in [2.05, 4.69) is 9.98 Å². The van der Waals surface area contributed by atoms with Crippen LogP contribution in [0.2, 0.25) is 0 Å². The number of ether oxygens (including phenoxy) is 1. The molecule has 0 fully saturated rings. The number of nitrogens with zero attached hydrogens (tertiary/aromatic N) is 2. The number of aliphatic imine (C=N–C) groups is 1. The molecule has 3 aromatic rings. The number of hydrogen-bond donors (Lipinski definition) is 2. The smallest absolute Gasteiger partial charge is 0.264 e. The molecule has 1 atom stereocenters. The van der Waals surface area contributed by atoms with E-state index in [-0.39, 0.29) is 22.3 Å². The molecule has 28 heavy (non-hydrogen) atoms. The highest BCUT2D eigenvalue weighted by Crippen LogP contribution is 2.22. The van der Waals surface area contributed by atoms with Crippen LogP contribution >= 0.6 is 12.2 Å². The van der Waals surface area contributed by atoms with Gasteiger partial charge in [0.2, 0.25) is 5.88 Å². The van der Waals surface area contributed by atoms with Gasteiger partial charge in [0.25, 0.3) is 5.56 Å². The van der Waals surface area contributed by atoms with Gasteiger partial charge in [-0.05, 0) is 55.9 Å². The van der Waals surface area contributed by atoms with Crippen molar-refractivity contribution >= 4 is 18.4 Å². The third-order valence-electron chi connectivity index (χ3n) is 4.24. The molecule has 1 heterocycles. The van der Waals surface area contributed by atoms with Crippen LogP contribution in [0.1, 0.15) is 31.0 Å². The van der Waals surface area contributed by atoms with Crippen molar-refractivity contribution in [2.75, 3.05) is 6.61 Å². The Labute approximate surface area is 167 Å². The maximum atomic E-state index is 12.3. The van der Waals surface area contributed by atoms with Crippen molar-refractivity contribution in [3.8, 4) is 17.3 Å². The summed E-state index contributed by atoms with van der Waals surface area (Å²) in [7, 11) is 0. The largest absolute Gasteiger partial charge is 0.494 e. The molecule has 144 valence electrons. The summed E-state index contributed by atoms with van der Waals surface area (Å²) in [5, 5.41) is 10.7. The average molecular weight is 395 g/mol. The zero-order valence-corrected chi connectivity index (χ0v) is 16.4. The number of rotatable bonds is 6. The van der Waals surface area contributed by atoms with Gasteiger partial charge in [-0.1, -0.05) is 30.3 Å². The molecule has 0 spiro atoms. The van der Waals surface area contributed by atoms with Crippen molar-refractivity contribution in [3.63, 3.8) is 0 Å². The first kappa shape index (κ1) is 19.6. The average Bonchev–Trinajstić information content (AvgIpc) is 2.69. The Morgan fingerprint density at radius 2 is 1.89 bits per heavy atom. The van der Waals surface area contributed by atoms with Crippen LogP contribution < -0.4 is 10.3 Å². The second kappa shape index (κ2) is 8.67. The third kappa shape index (κ3) is 4.20. The Kier molecular flexibility index (Phi) is 6.06. The second-order valence-electron chi connectivity index (χ2n) is 6.12. The normalized spacial score (nSPS) is 12.2. The highest BCUT2D eigenvalue weighted by atomic mass is 32.1. The summed E-state index contributed by atoms with van der Waals surface area (Å²) in [6.45, 7) is 4.38. The van der Waals surface area contributed by atoms with Crippen LogP contribution in [0.4, 0.5) is 0 Å². The minimum atomic E-state index is -0.492. The molecule has 0 aliphatic rings. The topological polar surface area (TPSA) is 79.6 Å². The Morgan fingerprint density at radius 1 is 1.21 bits per heavy atom. The highest BCUT2D eigenvalue weighted by molar-refractivity contribution is 7.71. The van der Waals surface area contributed by atoms with Gasteiger partial charge in [-0.3, -0.25) is 19.3 Å². The highest BCUT2D eigenvalue weighted by Gasteiger charge is 2.13. The fourth-order valence-electron chi connectivity index (χ4n) is 2.76. The maximum Gasteiger partial charge on any atom is 0.264 e. The summed E-state index contributed by atoms with van der Waals surface area (Å²) in [5.74, 6) is 0.446. The van der Waals surface area contributed by atoms with E-state index in [1.807, 2.05) is 44.2 Å². The molecule has 0 amide bonds. The summed E-state index contributed by atoms with van der Waals surface area (Å²) in [6, 6.07) is 16.6. The quantitative estimate of drug-likeness (QED) is 0.485. The first-order valence-electron chi connectivity index (χ1n) is 8.91. The monoisotopic (exact) mass is 395 g/mol. The van der Waals surface area contributed by atoms with E-state index in [4.69, 9.17) is 17.0 Å². The van der Waals surface area contributed by atoms with E-state index >= 15 is 0 Å². The van der Waals surface area contributed by atoms with Gasteiger partial charge in [0.15, 0.2) is 4.77 Å². The number of aromatic nitrogens is 2. The summed E-state index contributed by atoms with van der Waals surface area (Å²) in [4.78, 5) is 19.3. The predicted octanol–water partition coefficient (Wildman–Crippen LogP) is 4.18. The lowest BCUT2D eigenvalue weighted by molar-refractivity contribution is 0.340. The second-order valence-corrected chi connectivity index (χ2v) is 6.51. The Bertz CT molecular complexity index is 1090. The van der Waals surface area contributed by atoms with Crippen LogP contribution in [0.15, 0.2) is 64.4 Å². The minimum absolute atomic E-state index is 0.0465. The Balaban J connectivity index is 1.99. The Hall–Kier alpha value is -3.19. The molecule has 7 heteroatoms. The number of H-pyrrole nitrogens is 1. The van der Waals surface area contributed by atoms with Gasteiger partial charge in [-0.25, -0.2) is 0 Å². The van der Waals surface area contributed by atoms with Gasteiger partial charge < -0.3 is 9.84 Å². The van der Waals surface area contributed by atoms with Crippen molar-refractivity contribution in [2.24, 2.45) is 4.99 Å². The molecule has 0 bridgehead atoms. The molecule has 0 saturated carbocycles. The lowest BCUT2D eigenvalue weighted by atomic mass is 10.1. The number of hydrogen-bond acceptors (Lipinski definition) is 5. The van der Waals surface area contributed by atoms with Gasteiger partial charge in [-0.2, -0.15) is 0 Å². The molecule has 1 aromatic heterocycles. The molecular formula is C21H21N3O3S. The predicted molar refractivity (Wildman–Crippen MR) is 113 cm³/mol. The minimum Gasteiger partial charge on any atom is -0.494 e. The van der Waals surface area contributed by atoms with Gasteiger partial charge >= 0.3 is 0 Å². The van der Waals surface area contributed by atoms with Crippen LogP contribution in [0, 0.1) is 4.77 Å². The van der Waals surface area contributed by atoms with E-state index in [0.29, 0.717) is 18.0 Å². The standard InChI is InChI=1S/C21H21N3O3S/c1-3-27-17-11-9-16(10-12-17)24-20(26)18(19(25)23-21(24)28)13-22-14(2)15-7-5-4-6-8-15/h4-14,26H,3H2,1-2H3,(H,23,25,28). The van der Waals surface area contributed by atoms with Crippen LogP contribution in [0.25, 0.3) is 5.69 Å². The first-order chi connectivity index (χ1) is 13.5. The van der Waals surface area contributed by atoms with E-state index < -0.39 is 5.56 Å². The van der Waals surface area contributed by atoms with Crippen molar-refractivity contribution < 1.29 is 9.84 Å². The SMILES string of the molecule is CCOc1ccc(-n2c(O)c(C=NC(C)c3ccccc3)c(=O)[nH]c2=S)cc1. The van der Waals surface area contributed by atoms with Crippen molar-refractivity contribution in [3.05, 3.63) is 80.8 Å². The number of aromatic hydroxyl groups is 1. The van der Waals surface area contributed by atoms with E-state index in [1.165, 1.54) is 10.8 Å². The van der Waals surface area contributed by atoms with Crippen LogP contribution in [0.3, 0.4) is 0 Å². The zero-order chi connectivity index (χ0) is 20.1. The third-order valence-corrected chi connectivity index (χ3v) is 4.52. The zero-order valence-electron chi connectivity index (χ0n) is 15.6. The molecule has 1 unspecified atom stereocenters. The summed E-state index contributed by atoms with van der Waals surface area (Å²) < 4.78 is 6.92. The fourth-order valence-corrected chi connectivity index (χ4v) is 3.04. The Morgan fingerprint density at radius 3 is 2.54 bits per heavy atom. The summed E-state index contributed by atoms with van der Waals surface area (Å²) in [6.07, 6.45) is 1.38. The van der Waals surface area contributed by atoms with E-state index in [9.17, 15) is 9.90 Å². The van der Waals surface area contributed by atoms with Crippen molar-refractivity contribution in [2.45, 2.75) is 19.9 Å². The molecule has 0 radical (unpaired) electrons. The van der Waals surface area contributed by atoms with Crippen LogP contribution in [0.5, 0.6) is 11.6 Å². The molecule has 2 N–H and O–H groups in total. The van der Waals surface area contributed by atoms with Crippen LogP contribution in [-0.2, 0) is 0 Å². The molecule has 6 nitrogen and oxygen atoms in total. The molecule has 0 aliphatic carbocycles. The van der Waals surface area contributed by atoms with Crippen molar-refractivity contribution in [1.82, 2.24) is 9.55 Å². The summed E-state index contributed by atoms with van der Waals surface area (Å²) >= 11 is 5.24. The first-order valence-corrected chi connectivity index (χ1v) is 9.31. The van der Waals surface area contributed by atoms with E-state index in [0.717, 1.165) is 5.56 Å². The van der Waals surface area contributed by atoms with Gasteiger partial charge in [0, 0.05) is 6.21 Å². The number of benzene rings is 2. The number of aromatic amines is 1. The van der Waals surface area contributed by atoms with E-state index in [1.54, 1.807) is 24.3 Å². The van der Waals surface area contributed by atoms with Crippen molar-refractivity contribution in [1.29, 1.82) is 0 Å². The van der Waals surface area contributed by atoms with Gasteiger partial charge in [0.05, 0.1) is 18.3 Å². The van der Waals surface area contributed by atoms with Crippen LogP contribution in [-0.4, -0.2) is 27.5 Å². The molecule has 2 aromatic carbocycles. The maximum absolute atomic E-state index is 12.3. The fraction of sp³-hybridized carbons (Fsp3) is 0.190. The van der Waals surface area contributed by atoms with Gasteiger partial charge in [-0.15, -0.1) is 0 Å². The molecule has 3 rings (SSSR count). The van der Waals surface area contributed by atoms with Gasteiger partial charge in [0.1, 0.15) is 11.3 Å². The summed E-state index contributed by atoms with van der Waals surface area (Å²) in [5.41, 5.74) is 1.17. The lowest BCUT2D eigenvalue weighted by Gasteiger charge is -2.12. The molecule has 0 aliphatic heterocycles. The molecule has 0 saturated heterocycles. The number of nitrogens with one attached hydrogen (secondary N) is 1.